The zero-order valence-corrected chi connectivity index (χ0v) is 28.1. The van der Waals surface area contributed by atoms with Crippen molar-refractivity contribution >= 4 is 35.5 Å². The number of benzene rings is 2. The highest BCUT2D eigenvalue weighted by Gasteiger charge is 2.53. The standard InChI is InChI=1S/C34H39ClF2N8O4/c1-33(2,3)18-34(22-7-4-19(5-8-22)21-15-40-44(16-21)30(36)37)29(47)45(31(38)43-34)26(17-49-32(48)41-23-9-10-23)20-6-11-25(35)24(14-20)28-39-13-12-27(46)42-28/h4-8,11,14-16,23,26,28,30,39H,9-10,12-13,17-18H2,1-3H3,(H2,38,43)(H,41,48)(H,42,46)/t26-,28?,34-/m1/s1. The molecule has 3 aromatic rings. The maximum atomic E-state index is 14.9. The van der Waals surface area contributed by atoms with Crippen LogP contribution in [0.1, 0.15) is 81.9 Å². The molecule has 1 aliphatic carbocycles. The van der Waals surface area contributed by atoms with Crippen molar-refractivity contribution in [3.05, 3.63) is 76.6 Å². The monoisotopic (exact) mass is 696 g/mol. The van der Waals surface area contributed by atoms with E-state index in [2.05, 4.69) is 21.0 Å². The lowest BCUT2D eigenvalue weighted by Crippen LogP contribution is -2.48. The molecule has 1 aromatic heterocycles. The molecule has 3 amide bonds. The van der Waals surface area contributed by atoms with Gasteiger partial charge < -0.3 is 21.1 Å². The molecule has 2 aliphatic heterocycles. The largest absolute Gasteiger partial charge is 0.447 e. The SMILES string of the molecule is CC(C)(C)C[C@]1(c2ccc(-c3cnn(C(F)F)c3)cc2)N=C(N)N([C@H](COC(=O)NC2CC2)c2ccc(Cl)c(C3NCCC(=O)N3)c2)C1=O. The molecular formula is C34H39ClF2N8O4. The molecule has 1 saturated heterocycles. The van der Waals surface area contributed by atoms with E-state index in [-0.39, 0.29) is 30.9 Å². The Bertz CT molecular complexity index is 1770. The number of halogens is 3. The maximum absolute atomic E-state index is 14.9. The zero-order valence-electron chi connectivity index (χ0n) is 27.4. The van der Waals surface area contributed by atoms with Crippen LogP contribution in [0.5, 0.6) is 0 Å². The van der Waals surface area contributed by atoms with Gasteiger partial charge in [0.25, 0.3) is 5.91 Å². The summed E-state index contributed by atoms with van der Waals surface area (Å²) < 4.78 is 32.6. The third-order valence-electron chi connectivity index (χ3n) is 8.71. The first-order valence-corrected chi connectivity index (χ1v) is 16.5. The number of carbonyl (C=O) groups excluding carboxylic acids is 3. The van der Waals surface area contributed by atoms with Gasteiger partial charge in [-0.1, -0.05) is 62.7 Å². The van der Waals surface area contributed by atoms with Crippen molar-refractivity contribution in [1.29, 1.82) is 0 Å². The van der Waals surface area contributed by atoms with Gasteiger partial charge in [-0.05, 0) is 53.5 Å². The predicted molar refractivity (Wildman–Crippen MR) is 178 cm³/mol. The highest BCUT2D eigenvalue weighted by Crippen LogP contribution is 2.45. The van der Waals surface area contributed by atoms with Crippen LogP contribution >= 0.6 is 11.6 Å². The van der Waals surface area contributed by atoms with E-state index in [1.807, 2.05) is 20.8 Å². The molecule has 3 atom stereocenters. The fourth-order valence-electron chi connectivity index (χ4n) is 6.31. The number of hydrogen-bond acceptors (Lipinski definition) is 8. The first kappa shape index (κ1) is 34.3. The van der Waals surface area contributed by atoms with Gasteiger partial charge in [0.15, 0.2) is 11.5 Å². The summed E-state index contributed by atoms with van der Waals surface area (Å²) >= 11 is 6.60. The average molecular weight is 697 g/mol. The van der Waals surface area contributed by atoms with E-state index >= 15 is 0 Å². The van der Waals surface area contributed by atoms with Crippen LogP contribution in [0.2, 0.25) is 5.02 Å². The number of nitrogens with zero attached hydrogens (tertiary/aromatic N) is 4. The van der Waals surface area contributed by atoms with Crippen molar-refractivity contribution in [3.8, 4) is 11.1 Å². The number of hydrogen-bond donors (Lipinski definition) is 4. The molecule has 1 saturated carbocycles. The van der Waals surface area contributed by atoms with Gasteiger partial charge in [0, 0.05) is 41.4 Å². The second kappa shape index (κ2) is 13.4. The van der Waals surface area contributed by atoms with E-state index in [9.17, 15) is 23.2 Å². The van der Waals surface area contributed by atoms with Crippen molar-refractivity contribution in [1.82, 2.24) is 30.6 Å². The second-order valence-corrected chi connectivity index (χ2v) is 14.2. The number of rotatable bonds is 10. The summed E-state index contributed by atoms with van der Waals surface area (Å²) in [7, 11) is 0. The van der Waals surface area contributed by atoms with E-state index < -0.39 is 41.7 Å². The van der Waals surface area contributed by atoms with E-state index in [0.29, 0.717) is 50.5 Å². The highest BCUT2D eigenvalue weighted by molar-refractivity contribution is 6.31. The lowest BCUT2D eigenvalue weighted by atomic mass is 9.75. The number of guanidine groups is 1. The third-order valence-corrected chi connectivity index (χ3v) is 9.06. The van der Waals surface area contributed by atoms with Crippen molar-refractivity contribution < 1.29 is 27.9 Å². The summed E-state index contributed by atoms with van der Waals surface area (Å²) in [5.41, 5.74) is 7.60. The van der Waals surface area contributed by atoms with Gasteiger partial charge in [0.1, 0.15) is 12.8 Å². The lowest BCUT2D eigenvalue weighted by molar-refractivity contribution is -0.135. The molecule has 0 spiro atoms. The number of ether oxygens (including phenoxy) is 1. The Kier molecular flexibility index (Phi) is 9.38. The van der Waals surface area contributed by atoms with Crippen LogP contribution in [0.15, 0.2) is 59.9 Å². The number of aromatic nitrogens is 2. The number of aliphatic imine (C=N–C) groups is 1. The summed E-state index contributed by atoms with van der Waals surface area (Å²) in [5, 5.41) is 13.0. The molecule has 6 rings (SSSR count). The lowest BCUT2D eigenvalue weighted by Gasteiger charge is -2.35. The average Bonchev–Trinajstić information content (AvgIpc) is 3.64. The minimum absolute atomic E-state index is 0.0567. The molecule has 260 valence electrons. The van der Waals surface area contributed by atoms with Gasteiger partial charge >= 0.3 is 12.6 Å². The van der Waals surface area contributed by atoms with Crippen LogP contribution in [0, 0.1) is 5.41 Å². The van der Waals surface area contributed by atoms with Gasteiger partial charge in [-0.3, -0.25) is 19.8 Å². The Balaban J connectivity index is 1.37. The first-order valence-electron chi connectivity index (χ1n) is 16.1. The Morgan fingerprint density at radius 1 is 1.16 bits per heavy atom. The number of amides is 3. The molecule has 2 fully saturated rings. The van der Waals surface area contributed by atoms with Crippen LogP contribution in [0.4, 0.5) is 13.6 Å². The fourth-order valence-corrected chi connectivity index (χ4v) is 6.54. The molecule has 12 nitrogen and oxygen atoms in total. The van der Waals surface area contributed by atoms with Crippen LogP contribution in [0.25, 0.3) is 11.1 Å². The van der Waals surface area contributed by atoms with Crippen LogP contribution in [0.3, 0.4) is 0 Å². The molecule has 2 aromatic carbocycles. The van der Waals surface area contributed by atoms with Crippen molar-refractivity contribution in [2.75, 3.05) is 13.2 Å². The Hall–Kier alpha value is -4.56. The molecule has 0 radical (unpaired) electrons. The summed E-state index contributed by atoms with van der Waals surface area (Å²) in [4.78, 5) is 46.0. The molecule has 1 unspecified atom stereocenters. The number of carbonyl (C=O) groups is 3. The molecular weight excluding hydrogens is 658 g/mol. The Morgan fingerprint density at radius 2 is 1.90 bits per heavy atom. The zero-order chi connectivity index (χ0) is 35.1. The van der Waals surface area contributed by atoms with Gasteiger partial charge in [0.2, 0.25) is 5.91 Å². The minimum Gasteiger partial charge on any atom is -0.447 e. The van der Waals surface area contributed by atoms with E-state index in [1.54, 1.807) is 42.5 Å². The van der Waals surface area contributed by atoms with E-state index in [0.717, 1.165) is 12.8 Å². The Labute approximate surface area is 287 Å². The normalized spacial score (nSPS) is 21.8. The van der Waals surface area contributed by atoms with Crippen molar-refractivity contribution in [2.24, 2.45) is 16.1 Å². The molecule has 3 heterocycles. The van der Waals surface area contributed by atoms with Gasteiger partial charge in [-0.25, -0.2) is 14.5 Å². The summed E-state index contributed by atoms with van der Waals surface area (Å²) in [6.07, 6.45) is 3.75. The topological polar surface area (TPSA) is 156 Å². The molecule has 15 heteroatoms. The molecule has 0 bridgehead atoms. The minimum atomic E-state index is -2.77. The molecule has 49 heavy (non-hydrogen) atoms. The highest BCUT2D eigenvalue weighted by atomic mass is 35.5. The summed E-state index contributed by atoms with van der Waals surface area (Å²) in [5.74, 6) is -0.614. The summed E-state index contributed by atoms with van der Waals surface area (Å²) in [6, 6.07) is 11.2. The van der Waals surface area contributed by atoms with E-state index in [1.165, 1.54) is 17.3 Å². The second-order valence-electron chi connectivity index (χ2n) is 13.8. The molecule has 3 aliphatic rings. The number of alkyl carbamates (subject to hydrolysis) is 1. The van der Waals surface area contributed by atoms with Gasteiger partial charge in [0.05, 0.1) is 12.2 Å². The maximum Gasteiger partial charge on any atom is 0.407 e. The van der Waals surface area contributed by atoms with Gasteiger partial charge in [-0.15, -0.1) is 0 Å². The van der Waals surface area contributed by atoms with Crippen molar-refractivity contribution in [2.45, 2.75) is 76.8 Å². The van der Waals surface area contributed by atoms with Crippen LogP contribution in [-0.2, 0) is 19.9 Å². The smallest absolute Gasteiger partial charge is 0.407 e. The van der Waals surface area contributed by atoms with E-state index in [4.69, 9.17) is 27.1 Å². The van der Waals surface area contributed by atoms with Crippen LogP contribution < -0.4 is 21.7 Å². The number of alkyl halides is 2. The number of nitrogens with two attached hydrogens (primary N) is 1. The van der Waals surface area contributed by atoms with Crippen molar-refractivity contribution in [3.63, 3.8) is 0 Å². The third kappa shape index (κ3) is 7.39. The quantitative estimate of drug-likeness (QED) is 0.229. The fraction of sp³-hybridized carbons (Fsp3) is 0.441. The number of nitrogens with one attached hydrogen (secondary N) is 3. The first-order chi connectivity index (χ1) is 23.2. The predicted octanol–water partition coefficient (Wildman–Crippen LogP) is 5.13. The summed E-state index contributed by atoms with van der Waals surface area (Å²) in [6.45, 7) is 3.41. The van der Waals surface area contributed by atoms with Gasteiger partial charge in [-0.2, -0.15) is 13.9 Å². The van der Waals surface area contributed by atoms with Crippen LogP contribution in [-0.4, -0.2) is 57.7 Å². The Morgan fingerprint density at radius 3 is 2.53 bits per heavy atom. The molecule has 5 N–H and O–H groups in total.